The third-order valence-corrected chi connectivity index (χ3v) is 6.48. The van der Waals surface area contributed by atoms with Crippen molar-refractivity contribution in [2.45, 2.75) is 71.0 Å². The van der Waals surface area contributed by atoms with Crippen molar-refractivity contribution in [3.05, 3.63) is 30.0 Å². The van der Waals surface area contributed by atoms with Crippen LogP contribution in [0, 0.1) is 23.2 Å². The summed E-state index contributed by atoms with van der Waals surface area (Å²) in [6, 6.07) is 7.10. The fourth-order valence-electron chi connectivity index (χ4n) is 4.71. The number of nitrogens with zero attached hydrogens (tertiary/aromatic N) is 4. The molecule has 1 aliphatic carbocycles. The zero-order chi connectivity index (χ0) is 24.7. The van der Waals surface area contributed by atoms with Gasteiger partial charge in [0.15, 0.2) is 0 Å². The zero-order valence-electron chi connectivity index (χ0n) is 20.9. The van der Waals surface area contributed by atoms with Gasteiger partial charge in [-0.2, -0.15) is 10.4 Å². The Labute approximate surface area is 202 Å². The van der Waals surface area contributed by atoms with Crippen LogP contribution in [0.1, 0.15) is 62.7 Å². The first kappa shape index (κ1) is 25.7. The number of nitrogens with one attached hydrogen (secondary N) is 2. The van der Waals surface area contributed by atoms with Crippen LogP contribution in [0.15, 0.2) is 24.4 Å². The maximum Gasteiger partial charge on any atom is 0.251 e. The van der Waals surface area contributed by atoms with Gasteiger partial charge in [0.25, 0.3) is 5.91 Å². The predicted molar refractivity (Wildman–Crippen MR) is 133 cm³/mol. The molecule has 0 spiro atoms. The second-order valence-corrected chi connectivity index (χ2v) is 10.1. The number of amides is 2. The van der Waals surface area contributed by atoms with E-state index in [4.69, 9.17) is 0 Å². The Morgan fingerprint density at radius 2 is 2.03 bits per heavy atom. The van der Waals surface area contributed by atoms with E-state index < -0.39 is 6.04 Å². The van der Waals surface area contributed by atoms with Crippen LogP contribution in [-0.4, -0.2) is 59.2 Å². The molecule has 1 aromatic carbocycles. The van der Waals surface area contributed by atoms with Gasteiger partial charge in [0.1, 0.15) is 6.04 Å². The number of benzene rings is 1. The van der Waals surface area contributed by atoms with Gasteiger partial charge in [-0.3, -0.25) is 14.3 Å². The van der Waals surface area contributed by atoms with Crippen molar-refractivity contribution in [1.29, 1.82) is 5.26 Å². The molecule has 1 fully saturated rings. The van der Waals surface area contributed by atoms with Gasteiger partial charge in [0, 0.05) is 23.5 Å². The Morgan fingerprint density at radius 3 is 2.74 bits per heavy atom. The van der Waals surface area contributed by atoms with Crippen LogP contribution in [-0.2, 0) is 11.3 Å². The quantitative estimate of drug-likeness (QED) is 0.559. The molecule has 2 amide bonds. The van der Waals surface area contributed by atoms with E-state index in [9.17, 15) is 14.9 Å². The number of hydrogen-bond acceptors (Lipinski definition) is 5. The van der Waals surface area contributed by atoms with Gasteiger partial charge in [-0.25, -0.2) is 0 Å². The Balaban J connectivity index is 1.65. The van der Waals surface area contributed by atoms with Gasteiger partial charge >= 0.3 is 0 Å². The van der Waals surface area contributed by atoms with Crippen molar-refractivity contribution in [1.82, 2.24) is 25.3 Å². The minimum absolute atomic E-state index is 0.133. The van der Waals surface area contributed by atoms with Gasteiger partial charge in [-0.15, -0.1) is 0 Å². The van der Waals surface area contributed by atoms with E-state index in [1.165, 1.54) is 0 Å². The molecule has 1 aromatic heterocycles. The zero-order valence-corrected chi connectivity index (χ0v) is 20.9. The van der Waals surface area contributed by atoms with E-state index in [-0.39, 0.29) is 23.8 Å². The number of carbonyl (C=O) groups is 2. The summed E-state index contributed by atoms with van der Waals surface area (Å²) in [4.78, 5) is 28.2. The summed E-state index contributed by atoms with van der Waals surface area (Å²) in [6.45, 7) is 5.88. The lowest BCUT2D eigenvalue weighted by atomic mass is 9.83. The second kappa shape index (κ2) is 12.0. The Bertz CT molecular complexity index is 1020. The summed E-state index contributed by atoms with van der Waals surface area (Å²) in [5, 5.41) is 20.8. The number of carbonyl (C=O) groups excluding carboxylic acids is 2. The van der Waals surface area contributed by atoms with Gasteiger partial charge < -0.3 is 15.5 Å². The van der Waals surface area contributed by atoms with Crippen molar-refractivity contribution in [3.8, 4) is 6.07 Å². The molecule has 0 aliphatic heterocycles. The maximum atomic E-state index is 13.1. The Kier molecular flexibility index (Phi) is 9.05. The van der Waals surface area contributed by atoms with E-state index in [1.54, 1.807) is 6.20 Å². The lowest BCUT2D eigenvalue weighted by Crippen LogP contribution is -2.50. The van der Waals surface area contributed by atoms with Gasteiger partial charge in [0.2, 0.25) is 5.91 Å². The first-order chi connectivity index (χ1) is 16.3. The number of nitriles is 1. The molecular formula is C26H38N6O2. The molecule has 8 heteroatoms. The average molecular weight is 467 g/mol. The van der Waals surface area contributed by atoms with Gasteiger partial charge in [-0.05, 0) is 70.4 Å². The lowest BCUT2D eigenvalue weighted by Gasteiger charge is -2.32. The molecule has 1 heterocycles. The summed E-state index contributed by atoms with van der Waals surface area (Å²) in [5.74, 6) is -0.305. The van der Waals surface area contributed by atoms with Crippen molar-refractivity contribution in [3.63, 3.8) is 0 Å². The highest BCUT2D eigenvalue weighted by Crippen LogP contribution is 2.26. The molecule has 0 bridgehead atoms. The van der Waals surface area contributed by atoms with Crippen LogP contribution in [0.2, 0.25) is 0 Å². The van der Waals surface area contributed by atoms with E-state index in [0.717, 1.165) is 56.1 Å². The standard InChI is InChI=1S/C26H38N6O2/c1-18(2)14-21(16-27)29-26(34)22-8-5-6-9-23(22)30-25(33)19-10-11-24-20(15-19)17-28-32(24)13-7-12-31(3)4/h10-11,15,17-18,21-23H,5-9,12-14H2,1-4H3,(H,29,34)(H,30,33)/t21-,22+,23-/m0/s1. The summed E-state index contributed by atoms with van der Waals surface area (Å²) in [6.07, 6.45) is 6.82. The van der Waals surface area contributed by atoms with E-state index in [1.807, 2.05) is 36.7 Å². The summed E-state index contributed by atoms with van der Waals surface area (Å²) < 4.78 is 1.98. The Hall–Kier alpha value is -2.92. The first-order valence-corrected chi connectivity index (χ1v) is 12.4. The molecule has 0 unspecified atom stereocenters. The van der Waals surface area contributed by atoms with E-state index in [0.29, 0.717) is 17.9 Å². The summed E-state index contributed by atoms with van der Waals surface area (Å²) >= 11 is 0. The molecule has 184 valence electrons. The number of aryl methyl sites for hydroxylation is 1. The van der Waals surface area contributed by atoms with E-state index in [2.05, 4.69) is 40.8 Å². The molecular weight excluding hydrogens is 428 g/mol. The van der Waals surface area contributed by atoms with Crippen molar-refractivity contribution in [2.75, 3.05) is 20.6 Å². The third-order valence-electron chi connectivity index (χ3n) is 6.48. The van der Waals surface area contributed by atoms with Crippen LogP contribution < -0.4 is 10.6 Å². The third kappa shape index (κ3) is 6.80. The van der Waals surface area contributed by atoms with Gasteiger partial charge in [0.05, 0.1) is 23.7 Å². The van der Waals surface area contributed by atoms with Gasteiger partial charge in [-0.1, -0.05) is 26.7 Å². The Morgan fingerprint density at radius 1 is 1.26 bits per heavy atom. The summed E-state index contributed by atoms with van der Waals surface area (Å²) in [5.41, 5.74) is 1.58. The number of rotatable bonds is 10. The second-order valence-electron chi connectivity index (χ2n) is 10.1. The highest BCUT2D eigenvalue weighted by Gasteiger charge is 2.33. The molecule has 2 N–H and O–H groups in total. The van der Waals surface area contributed by atoms with Crippen LogP contribution in [0.4, 0.5) is 0 Å². The number of hydrogen-bond donors (Lipinski definition) is 2. The minimum Gasteiger partial charge on any atom is -0.349 e. The van der Waals surface area contributed by atoms with Crippen LogP contribution >= 0.6 is 0 Å². The molecule has 0 radical (unpaired) electrons. The molecule has 3 rings (SSSR count). The van der Waals surface area contributed by atoms with E-state index >= 15 is 0 Å². The molecule has 2 aromatic rings. The van der Waals surface area contributed by atoms with Crippen molar-refractivity contribution < 1.29 is 9.59 Å². The number of fused-ring (bicyclic) bond motifs is 1. The molecule has 8 nitrogen and oxygen atoms in total. The monoisotopic (exact) mass is 466 g/mol. The molecule has 3 atom stereocenters. The molecule has 34 heavy (non-hydrogen) atoms. The van der Waals surface area contributed by atoms with Crippen LogP contribution in [0.3, 0.4) is 0 Å². The lowest BCUT2D eigenvalue weighted by molar-refractivity contribution is -0.127. The normalized spacial score (nSPS) is 19.2. The number of aromatic nitrogens is 2. The SMILES string of the molecule is CC(C)C[C@@H](C#N)NC(=O)[C@@H]1CCCC[C@@H]1NC(=O)c1ccc2c(cnn2CCCN(C)C)c1. The average Bonchev–Trinajstić information content (AvgIpc) is 3.20. The minimum atomic E-state index is -0.498. The largest absolute Gasteiger partial charge is 0.349 e. The molecule has 1 saturated carbocycles. The van der Waals surface area contributed by atoms with Crippen LogP contribution in [0.25, 0.3) is 10.9 Å². The molecule has 1 aliphatic rings. The topological polar surface area (TPSA) is 103 Å². The smallest absolute Gasteiger partial charge is 0.251 e. The van der Waals surface area contributed by atoms with Crippen LogP contribution in [0.5, 0.6) is 0 Å². The van der Waals surface area contributed by atoms with Crippen molar-refractivity contribution in [2.24, 2.45) is 11.8 Å². The van der Waals surface area contributed by atoms with Crippen molar-refractivity contribution >= 4 is 22.7 Å². The maximum absolute atomic E-state index is 13.1. The fourth-order valence-corrected chi connectivity index (χ4v) is 4.71. The predicted octanol–water partition coefficient (Wildman–Crippen LogP) is 3.33. The highest BCUT2D eigenvalue weighted by molar-refractivity contribution is 5.98. The highest BCUT2D eigenvalue weighted by atomic mass is 16.2. The fraction of sp³-hybridized carbons (Fsp3) is 0.615. The summed E-state index contributed by atoms with van der Waals surface area (Å²) in [7, 11) is 4.11. The first-order valence-electron chi connectivity index (χ1n) is 12.4. The molecule has 0 saturated heterocycles.